The molecule has 3 heterocycles. The van der Waals surface area contributed by atoms with Crippen molar-refractivity contribution < 1.29 is 24.6 Å². The second kappa shape index (κ2) is 10.7. The average Bonchev–Trinajstić information content (AvgIpc) is 3.28. The fourth-order valence-corrected chi connectivity index (χ4v) is 4.91. The Morgan fingerprint density at radius 2 is 1.74 bits per heavy atom. The Bertz CT molecular complexity index is 1230. The molecule has 3 aromatic rings. The van der Waals surface area contributed by atoms with E-state index in [1.165, 1.54) is 11.3 Å². The maximum atomic E-state index is 12.5. The number of nitrogens with zero attached hydrogens (tertiary/aromatic N) is 3. The number of carboxylic acid groups (broad SMARTS) is 1. The number of hydrogen-bond donors (Lipinski definition) is 3. The molecule has 1 aromatic carbocycles. The van der Waals surface area contributed by atoms with Gasteiger partial charge in [0, 0.05) is 24.2 Å². The van der Waals surface area contributed by atoms with Crippen LogP contribution in [0.15, 0.2) is 42.5 Å². The Morgan fingerprint density at radius 1 is 1.06 bits per heavy atom. The van der Waals surface area contributed by atoms with Crippen molar-refractivity contribution in [1.29, 1.82) is 0 Å². The number of amides is 2. The van der Waals surface area contributed by atoms with Crippen LogP contribution in [0, 0.1) is 12.8 Å². The third-order valence-corrected chi connectivity index (χ3v) is 7.16. The Balaban J connectivity index is 1.36. The monoisotopic (exact) mass is 494 g/mol. The zero-order valence-corrected chi connectivity index (χ0v) is 20.0. The van der Waals surface area contributed by atoms with Gasteiger partial charge in [-0.05, 0) is 44.0 Å². The summed E-state index contributed by atoms with van der Waals surface area (Å²) in [5, 5.41) is 21.7. The van der Waals surface area contributed by atoms with Gasteiger partial charge in [0.05, 0.1) is 41.0 Å². The topological polar surface area (TPSA) is 133 Å². The van der Waals surface area contributed by atoms with Crippen molar-refractivity contribution in [2.45, 2.75) is 26.4 Å². The molecular formula is C25H26N4O5S. The molecule has 0 radical (unpaired) electrons. The highest BCUT2D eigenvalue weighted by Crippen LogP contribution is 2.30. The number of piperidine rings is 1. The van der Waals surface area contributed by atoms with Gasteiger partial charge in [-0.1, -0.05) is 18.2 Å². The van der Waals surface area contributed by atoms with Crippen molar-refractivity contribution in [2.24, 2.45) is 5.92 Å². The number of aryl methyl sites for hydroxylation is 1. The summed E-state index contributed by atoms with van der Waals surface area (Å²) in [6, 6.07) is 12.7. The highest BCUT2D eigenvalue weighted by Gasteiger charge is 2.27. The molecule has 0 unspecified atom stereocenters. The highest BCUT2D eigenvalue weighted by molar-refractivity contribution is 7.15. The van der Waals surface area contributed by atoms with E-state index in [0.717, 1.165) is 27.5 Å². The number of likely N-dealkylation sites (tertiary alicyclic amines) is 1. The fraction of sp³-hybridized carbons (Fsp3) is 0.320. The summed E-state index contributed by atoms with van der Waals surface area (Å²) in [6.45, 7) is 2.41. The Kier molecular flexibility index (Phi) is 7.52. The quantitative estimate of drug-likeness (QED) is 0.460. The lowest BCUT2D eigenvalue weighted by molar-refractivity contribution is -0.145. The molecule has 35 heavy (non-hydrogen) atoms. The summed E-state index contributed by atoms with van der Waals surface area (Å²) in [5.74, 6) is -1.82. The van der Waals surface area contributed by atoms with Gasteiger partial charge in [-0.3, -0.25) is 14.4 Å². The van der Waals surface area contributed by atoms with Crippen molar-refractivity contribution in [3.63, 3.8) is 0 Å². The van der Waals surface area contributed by atoms with Crippen LogP contribution in [-0.4, -0.2) is 62.5 Å². The molecule has 0 atom stereocenters. The first-order valence-electron chi connectivity index (χ1n) is 11.3. The molecule has 1 saturated heterocycles. The predicted molar refractivity (Wildman–Crippen MR) is 131 cm³/mol. The van der Waals surface area contributed by atoms with Crippen LogP contribution >= 0.6 is 11.3 Å². The Morgan fingerprint density at radius 3 is 2.37 bits per heavy atom. The van der Waals surface area contributed by atoms with Crippen molar-refractivity contribution in [2.75, 3.05) is 19.6 Å². The number of aliphatic hydroxyl groups is 1. The summed E-state index contributed by atoms with van der Waals surface area (Å²) >= 11 is 1.41. The Labute approximate surface area is 206 Å². The predicted octanol–water partition coefficient (Wildman–Crippen LogP) is 2.73. The third-order valence-electron chi connectivity index (χ3n) is 6.00. The summed E-state index contributed by atoms with van der Waals surface area (Å²) in [6.07, 6.45) is 0.855. The smallest absolute Gasteiger partial charge is 0.306 e. The number of hydrogen-bond acceptors (Lipinski definition) is 7. The van der Waals surface area contributed by atoms with E-state index in [2.05, 4.69) is 10.3 Å². The molecule has 0 saturated carbocycles. The van der Waals surface area contributed by atoms with Gasteiger partial charge in [-0.15, -0.1) is 11.3 Å². The van der Waals surface area contributed by atoms with Crippen molar-refractivity contribution >= 4 is 29.1 Å². The molecule has 2 aromatic heterocycles. The van der Waals surface area contributed by atoms with Crippen LogP contribution in [0.4, 0.5) is 0 Å². The van der Waals surface area contributed by atoms with E-state index in [-0.39, 0.29) is 25.0 Å². The molecule has 182 valence electrons. The van der Waals surface area contributed by atoms with Crippen molar-refractivity contribution in [3.05, 3.63) is 58.7 Å². The van der Waals surface area contributed by atoms with Gasteiger partial charge in [-0.25, -0.2) is 9.97 Å². The molecular weight excluding hydrogens is 468 g/mol. The van der Waals surface area contributed by atoms with Gasteiger partial charge >= 0.3 is 5.97 Å². The number of nitrogens with one attached hydrogen (secondary N) is 1. The maximum Gasteiger partial charge on any atom is 0.306 e. The van der Waals surface area contributed by atoms with Gasteiger partial charge in [0.1, 0.15) is 5.01 Å². The fourth-order valence-electron chi connectivity index (χ4n) is 4.02. The molecule has 10 heteroatoms. The second-order valence-electron chi connectivity index (χ2n) is 8.34. The number of rotatable bonds is 7. The van der Waals surface area contributed by atoms with E-state index >= 15 is 0 Å². The summed E-state index contributed by atoms with van der Waals surface area (Å²) < 4.78 is 0. The van der Waals surface area contributed by atoms with E-state index in [1.807, 2.05) is 25.1 Å². The van der Waals surface area contributed by atoms with E-state index in [9.17, 15) is 19.5 Å². The van der Waals surface area contributed by atoms with Gasteiger partial charge in [0.25, 0.3) is 5.91 Å². The van der Waals surface area contributed by atoms with E-state index in [0.29, 0.717) is 36.5 Å². The first kappa shape index (κ1) is 24.5. The average molecular weight is 495 g/mol. The normalized spacial score (nSPS) is 14.1. The third kappa shape index (κ3) is 5.72. The molecule has 9 nitrogen and oxygen atoms in total. The molecule has 0 bridgehead atoms. The van der Waals surface area contributed by atoms with Crippen LogP contribution in [0.3, 0.4) is 0 Å². The summed E-state index contributed by atoms with van der Waals surface area (Å²) in [7, 11) is 0. The first-order chi connectivity index (χ1) is 16.9. The first-order valence-corrected chi connectivity index (χ1v) is 12.1. The minimum Gasteiger partial charge on any atom is -0.481 e. The number of aliphatic carboxylic acids is 1. The molecule has 2 amide bonds. The minimum atomic E-state index is -0.828. The van der Waals surface area contributed by atoms with Crippen LogP contribution < -0.4 is 5.32 Å². The van der Waals surface area contributed by atoms with E-state index in [1.54, 1.807) is 29.2 Å². The molecule has 1 fully saturated rings. The number of pyridine rings is 1. The maximum absolute atomic E-state index is 12.5. The number of aromatic nitrogens is 2. The zero-order valence-electron chi connectivity index (χ0n) is 19.2. The minimum absolute atomic E-state index is 0.108. The number of carbonyl (C=O) groups is 3. The molecule has 3 N–H and O–H groups in total. The molecule has 1 aliphatic heterocycles. The van der Waals surface area contributed by atoms with Gasteiger partial charge in [0.15, 0.2) is 0 Å². The molecule has 0 spiro atoms. The van der Waals surface area contributed by atoms with Crippen molar-refractivity contribution in [1.82, 2.24) is 20.2 Å². The SMILES string of the molecule is Cc1nc(CO)sc1-c1cccc(-c2ccc(C(=O)NCC(=O)N3CCC(C(=O)O)CC3)cc2)n1. The van der Waals surface area contributed by atoms with Crippen molar-refractivity contribution in [3.8, 4) is 21.8 Å². The van der Waals surface area contributed by atoms with E-state index < -0.39 is 11.9 Å². The van der Waals surface area contributed by atoms with Crippen LogP contribution in [0.2, 0.25) is 0 Å². The lowest BCUT2D eigenvalue weighted by atomic mass is 9.97. The number of aliphatic hydroxyl groups excluding tert-OH is 1. The number of carbonyl (C=O) groups excluding carboxylic acids is 2. The van der Waals surface area contributed by atoms with Gasteiger partial charge in [0.2, 0.25) is 5.91 Å². The molecule has 0 aliphatic carbocycles. The van der Waals surface area contributed by atoms with Crippen LogP contribution in [0.25, 0.3) is 21.8 Å². The molecule has 4 rings (SSSR count). The summed E-state index contributed by atoms with van der Waals surface area (Å²) in [4.78, 5) is 47.5. The standard InChI is InChI=1S/C25H26N4O5S/c1-15-23(35-21(14-30)27-15)20-4-2-3-19(28-20)16-5-7-17(8-6-16)24(32)26-13-22(31)29-11-9-18(10-12-29)25(33)34/h2-8,18,30H,9-14H2,1H3,(H,26,32)(H,33,34). The lowest BCUT2D eigenvalue weighted by Crippen LogP contribution is -2.45. The van der Waals surface area contributed by atoms with Gasteiger partial charge < -0.3 is 20.4 Å². The number of carboxylic acids is 1. The van der Waals surface area contributed by atoms with E-state index in [4.69, 9.17) is 10.1 Å². The lowest BCUT2D eigenvalue weighted by Gasteiger charge is -2.30. The number of benzene rings is 1. The van der Waals surface area contributed by atoms with Crippen LogP contribution in [0.1, 0.15) is 33.9 Å². The van der Waals surface area contributed by atoms with Gasteiger partial charge in [-0.2, -0.15) is 0 Å². The molecule has 1 aliphatic rings. The number of thiazole rings is 1. The summed E-state index contributed by atoms with van der Waals surface area (Å²) in [5.41, 5.74) is 3.59. The highest BCUT2D eigenvalue weighted by atomic mass is 32.1. The van der Waals surface area contributed by atoms with Crippen LogP contribution in [0.5, 0.6) is 0 Å². The van der Waals surface area contributed by atoms with Crippen LogP contribution in [-0.2, 0) is 16.2 Å². The Hall–Kier alpha value is -3.63. The second-order valence-corrected chi connectivity index (χ2v) is 9.43. The largest absolute Gasteiger partial charge is 0.481 e. The zero-order chi connectivity index (χ0) is 24.9.